The van der Waals surface area contributed by atoms with Crippen LogP contribution in [0.2, 0.25) is 0 Å². The van der Waals surface area contributed by atoms with E-state index in [1.165, 1.54) is 11.1 Å². The summed E-state index contributed by atoms with van der Waals surface area (Å²) in [5.74, 6) is -0.187. The summed E-state index contributed by atoms with van der Waals surface area (Å²) in [7, 11) is 0. The Bertz CT molecular complexity index is 896. The molecule has 1 amide bonds. The van der Waals surface area contributed by atoms with Gasteiger partial charge in [-0.3, -0.25) is 4.79 Å². The average Bonchev–Trinajstić information content (AvgIpc) is 2.66. The van der Waals surface area contributed by atoms with Crippen LogP contribution in [-0.4, -0.2) is 16.0 Å². The minimum absolute atomic E-state index is 0.0240. The molecule has 3 rings (SSSR count). The third-order valence-corrected chi connectivity index (χ3v) is 4.64. The van der Waals surface area contributed by atoms with Gasteiger partial charge < -0.3 is 10.4 Å². The smallest absolute Gasteiger partial charge is 0.251 e. The fraction of sp³-hybridized carbons (Fsp3) is 0.217. The SMILES string of the molecule is Cc1cc(C)c(CNC(=O)c2ccc(CCc3ccccc3)cc2)c(O)n1. The van der Waals surface area contributed by atoms with Crippen molar-refractivity contribution in [2.24, 2.45) is 0 Å². The van der Waals surface area contributed by atoms with Crippen LogP contribution < -0.4 is 5.32 Å². The molecule has 0 saturated carbocycles. The highest BCUT2D eigenvalue weighted by Gasteiger charge is 2.11. The highest BCUT2D eigenvalue weighted by atomic mass is 16.3. The molecule has 0 saturated heterocycles. The summed E-state index contributed by atoms with van der Waals surface area (Å²) >= 11 is 0. The molecule has 4 nitrogen and oxygen atoms in total. The monoisotopic (exact) mass is 360 g/mol. The predicted octanol–water partition coefficient (Wildman–Crippen LogP) is 4.12. The largest absolute Gasteiger partial charge is 0.493 e. The Balaban J connectivity index is 1.58. The zero-order valence-corrected chi connectivity index (χ0v) is 15.7. The van der Waals surface area contributed by atoms with Gasteiger partial charge in [0.15, 0.2) is 0 Å². The normalized spacial score (nSPS) is 10.6. The molecule has 0 aliphatic heterocycles. The summed E-state index contributed by atoms with van der Waals surface area (Å²) in [6.45, 7) is 3.98. The molecule has 0 aliphatic carbocycles. The maximum atomic E-state index is 12.4. The van der Waals surface area contributed by atoms with E-state index in [4.69, 9.17) is 0 Å². The number of aromatic hydroxyl groups is 1. The maximum Gasteiger partial charge on any atom is 0.251 e. The van der Waals surface area contributed by atoms with Crippen molar-refractivity contribution in [1.82, 2.24) is 10.3 Å². The van der Waals surface area contributed by atoms with Gasteiger partial charge in [-0.1, -0.05) is 42.5 Å². The first-order valence-electron chi connectivity index (χ1n) is 9.10. The van der Waals surface area contributed by atoms with Gasteiger partial charge in [-0.15, -0.1) is 0 Å². The lowest BCUT2D eigenvalue weighted by molar-refractivity contribution is 0.0950. The number of aryl methyl sites for hydroxylation is 4. The molecular formula is C23H24N2O2. The number of aromatic nitrogens is 1. The lowest BCUT2D eigenvalue weighted by Crippen LogP contribution is -2.23. The number of hydrogen-bond acceptors (Lipinski definition) is 3. The van der Waals surface area contributed by atoms with Crippen molar-refractivity contribution in [3.05, 3.63) is 94.2 Å². The average molecular weight is 360 g/mol. The summed E-state index contributed by atoms with van der Waals surface area (Å²) in [5.41, 5.74) is 5.43. The molecule has 2 aromatic carbocycles. The van der Waals surface area contributed by atoms with Crippen LogP contribution in [0, 0.1) is 13.8 Å². The fourth-order valence-corrected chi connectivity index (χ4v) is 3.09. The molecule has 138 valence electrons. The van der Waals surface area contributed by atoms with Crippen molar-refractivity contribution in [2.45, 2.75) is 33.2 Å². The lowest BCUT2D eigenvalue weighted by atomic mass is 10.0. The van der Waals surface area contributed by atoms with E-state index in [9.17, 15) is 9.90 Å². The molecule has 0 unspecified atom stereocenters. The van der Waals surface area contributed by atoms with Gasteiger partial charge in [-0.05, 0) is 61.6 Å². The summed E-state index contributed by atoms with van der Waals surface area (Å²) in [4.78, 5) is 16.4. The van der Waals surface area contributed by atoms with Gasteiger partial charge in [-0.2, -0.15) is 0 Å². The van der Waals surface area contributed by atoms with Crippen molar-refractivity contribution in [3.8, 4) is 5.88 Å². The van der Waals surface area contributed by atoms with Crippen molar-refractivity contribution < 1.29 is 9.90 Å². The molecule has 0 fully saturated rings. The van der Waals surface area contributed by atoms with Gasteiger partial charge >= 0.3 is 0 Å². The van der Waals surface area contributed by atoms with Crippen LogP contribution in [0.3, 0.4) is 0 Å². The van der Waals surface area contributed by atoms with Crippen LogP contribution in [0.25, 0.3) is 0 Å². The number of amides is 1. The number of nitrogens with one attached hydrogen (secondary N) is 1. The van der Waals surface area contributed by atoms with Crippen molar-refractivity contribution in [2.75, 3.05) is 0 Å². The number of benzene rings is 2. The van der Waals surface area contributed by atoms with Crippen molar-refractivity contribution in [3.63, 3.8) is 0 Å². The van der Waals surface area contributed by atoms with E-state index in [0.717, 1.165) is 24.1 Å². The first kappa shape index (κ1) is 18.6. The predicted molar refractivity (Wildman–Crippen MR) is 107 cm³/mol. The molecule has 4 heteroatoms. The first-order chi connectivity index (χ1) is 13.0. The molecule has 0 atom stereocenters. The Morgan fingerprint density at radius 3 is 2.22 bits per heavy atom. The van der Waals surface area contributed by atoms with E-state index < -0.39 is 0 Å². The topological polar surface area (TPSA) is 62.2 Å². The molecule has 0 radical (unpaired) electrons. The Hall–Kier alpha value is -3.14. The molecule has 3 aromatic rings. The van der Waals surface area contributed by atoms with Gasteiger partial charge in [0.2, 0.25) is 5.88 Å². The summed E-state index contributed by atoms with van der Waals surface area (Å²) in [5, 5.41) is 12.8. The van der Waals surface area contributed by atoms with Gasteiger partial charge in [0, 0.05) is 23.4 Å². The van der Waals surface area contributed by atoms with E-state index in [1.54, 1.807) is 0 Å². The molecule has 0 bridgehead atoms. The lowest BCUT2D eigenvalue weighted by Gasteiger charge is -2.10. The Labute approximate surface area is 159 Å². The third-order valence-electron chi connectivity index (χ3n) is 4.64. The molecule has 1 aromatic heterocycles. The molecule has 0 aliphatic rings. The molecule has 2 N–H and O–H groups in total. The van der Waals surface area contributed by atoms with E-state index >= 15 is 0 Å². The van der Waals surface area contributed by atoms with Crippen molar-refractivity contribution in [1.29, 1.82) is 0 Å². The summed E-state index contributed by atoms with van der Waals surface area (Å²) in [6, 6.07) is 19.9. The minimum atomic E-state index is -0.163. The number of nitrogens with zero attached hydrogens (tertiary/aromatic N) is 1. The Morgan fingerprint density at radius 1 is 0.963 bits per heavy atom. The molecular weight excluding hydrogens is 336 g/mol. The second-order valence-corrected chi connectivity index (χ2v) is 6.75. The van der Waals surface area contributed by atoms with Crippen LogP contribution in [0.15, 0.2) is 60.7 Å². The molecule has 1 heterocycles. The second-order valence-electron chi connectivity index (χ2n) is 6.75. The van der Waals surface area contributed by atoms with Crippen LogP contribution >= 0.6 is 0 Å². The number of carbonyl (C=O) groups is 1. The standard InChI is InChI=1S/C23H24N2O2/c1-16-14-17(2)25-23(27)21(16)15-24-22(26)20-12-10-19(11-13-20)9-8-18-6-4-3-5-7-18/h3-7,10-14H,8-9,15H2,1-2H3,(H,24,26)(H,25,27). The van der Waals surface area contributed by atoms with Gasteiger partial charge in [0.1, 0.15) is 0 Å². The fourth-order valence-electron chi connectivity index (χ4n) is 3.09. The van der Waals surface area contributed by atoms with E-state index in [-0.39, 0.29) is 18.3 Å². The van der Waals surface area contributed by atoms with Crippen LogP contribution in [-0.2, 0) is 19.4 Å². The third kappa shape index (κ3) is 4.94. The first-order valence-corrected chi connectivity index (χ1v) is 9.10. The zero-order chi connectivity index (χ0) is 19.2. The van der Waals surface area contributed by atoms with Crippen LogP contribution in [0.4, 0.5) is 0 Å². The quantitative estimate of drug-likeness (QED) is 0.695. The Morgan fingerprint density at radius 2 is 1.59 bits per heavy atom. The summed E-state index contributed by atoms with van der Waals surface area (Å²) < 4.78 is 0. The van der Waals surface area contributed by atoms with Crippen LogP contribution in [0.1, 0.15) is 38.3 Å². The molecule has 27 heavy (non-hydrogen) atoms. The van der Waals surface area contributed by atoms with Crippen LogP contribution in [0.5, 0.6) is 5.88 Å². The number of carbonyl (C=O) groups excluding carboxylic acids is 1. The van der Waals surface area contributed by atoms with Gasteiger partial charge in [-0.25, -0.2) is 4.98 Å². The van der Waals surface area contributed by atoms with Crippen molar-refractivity contribution >= 4 is 5.91 Å². The van der Waals surface area contributed by atoms with E-state index in [1.807, 2.05) is 62.4 Å². The number of hydrogen-bond donors (Lipinski definition) is 2. The van der Waals surface area contributed by atoms with Gasteiger partial charge in [0.05, 0.1) is 0 Å². The van der Waals surface area contributed by atoms with E-state index in [2.05, 4.69) is 22.4 Å². The van der Waals surface area contributed by atoms with Gasteiger partial charge in [0.25, 0.3) is 5.91 Å². The minimum Gasteiger partial charge on any atom is -0.493 e. The highest BCUT2D eigenvalue weighted by molar-refractivity contribution is 5.94. The second kappa shape index (κ2) is 8.49. The maximum absolute atomic E-state index is 12.4. The highest BCUT2D eigenvalue weighted by Crippen LogP contribution is 2.19. The number of pyridine rings is 1. The molecule has 0 spiro atoms. The van der Waals surface area contributed by atoms with E-state index in [0.29, 0.717) is 11.1 Å². The number of rotatable bonds is 6. The Kier molecular flexibility index (Phi) is 5.87. The zero-order valence-electron chi connectivity index (χ0n) is 15.7. The summed E-state index contributed by atoms with van der Waals surface area (Å²) in [6.07, 6.45) is 1.92.